The average molecular weight is 258 g/mol. The number of nitrogens with two attached hydrogens (primary N) is 1. The van der Waals surface area contributed by atoms with Crippen molar-refractivity contribution in [3.8, 4) is 0 Å². The molecule has 2 atom stereocenters. The smallest absolute Gasteiger partial charge is 0.0374 e. The van der Waals surface area contributed by atoms with Gasteiger partial charge in [-0.1, -0.05) is 26.0 Å². The van der Waals surface area contributed by atoms with E-state index in [1.54, 1.807) is 0 Å². The molecule has 2 aliphatic rings. The molecule has 0 aliphatic carbocycles. The van der Waals surface area contributed by atoms with Gasteiger partial charge in [0.1, 0.15) is 0 Å². The van der Waals surface area contributed by atoms with Crippen LogP contribution in [-0.4, -0.2) is 18.1 Å². The summed E-state index contributed by atoms with van der Waals surface area (Å²) in [6.07, 6.45) is 6.35. The van der Waals surface area contributed by atoms with E-state index in [4.69, 9.17) is 5.73 Å². The third kappa shape index (κ3) is 2.51. The predicted octanol–water partition coefficient (Wildman–Crippen LogP) is 3.66. The molecule has 1 aromatic carbocycles. The number of anilines is 1. The van der Waals surface area contributed by atoms with Gasteiger partial charge in [-0.3, -0.25) is 0 Å². The molecule has 2 unspecified atom stereocenters. The third-order valence-corrected chi connectivity index (χ3v) is 4.85. The molecule has 1 aromatic rings. The van der Waals surface area contributed by atoms with Crippen molar-refractivity contribution in [2.45, 2.75) is 70.0 Å². The van der Waals surface area contributed by atoms with Crippen molar-refractivity contribution in [1.29, 1.82) is 0 Å². The lowest BCUT2D eigenvalue weighted by molar-refractivity contribution is 0.271. The predicted molar refractivity (Wildman–Crippen MR) is 81.6 cm³/mol. The molecule has 0 radical (unpaired) electrons. The second-order valence-electron chi connectivity index (χ2n) is 6.63. The van der Waals surface area contributed by atoms with E-state index >= 15 is 0 Å². The van der Waals surface area contributed by atoms with E-state index in [1.165, 1.54) is 43.4 Å². The fourth-order valence-electron chi connectivity index (χ4n) is 3.89. The van der Waals surface area contributed by atoms with Gasteiger partial charge in [0.2, 0.25) is 0 Å². The minimum Gasteiger partial charge on any atom is -0.365 e. The number of fused-ring (bicyclic) bond motifs is 2. The van der Waals surface area contributed by atoms with Crippen molar-refractivity contribution in [3.05, 3.63) is 29.8 Å². The lowest BCUT2D eigenvalue weighted by Gasteiger charge is -2.49. The highest BCUT2D eigenvalue weighted by Crippen LogP contribution is 2.37. The van der Waals surface area contributed by atoms with Gasteiger partial charge in [0.25, 0.3) is 0 Å². The van der Waals surface area contributed by atoms with Crippen LogP contribution in [0.4, 0.5) is 5.69 Å². The van der Waals surface area contributed by atoms with E-state index in [1.807, 2.05) is 0 Å². The molecule has 0 saturated carbocycles. The molecule has 2 saturated heterocycles. The molecule has 0 spiro atoms. The number of hydrogen-bond donors (Lipinski definition) is 1. The Morgan fingerprint density at radius 3 is 2.47 bits per heavy atom. The molecule has 2 bridgehead atoms. The Morgan fingerprint density at radius 1 is 1.16 bits per heavy atom. The summed E-state index contributed by atoms with van der Waals surface area (Å²) in [6, 6.07) is 10.9. The molecule has 3 rings (SSSR count). The standard InChI is InChI=1S/C17H26N2/c1-12(2)13-5-3-6-15(9-13)19-16-7-4-8-17(19)11-14(18)10-16/h3,5-6,9,12,14,16-17H,4,7-8,10-11,18H2,1-2H3. The molecule has 104 valence electrons. The van der Waals surface area contributed by atoms with Crippen LogP contribution in [0.3, 0.4) is 0 Å². The van der Waals surface area contributed by atoms with Crippen LogP contribution in [0.15, 0.2) is 24.3 Å². The maximum Gasteiger partial charge on any atom is 0.0374 e. The van der Waals surface area contributed by atoms with Crippen molar-refractivity contribution in [2.75, 3.05) is 4.90 Å². The summed E-state index contributed by atoms with van der Waals surface area (Å²) in [7, 11) is 0. The Balaban J connectivity index is 1.90. The van der Waals surface area contributed by atoms with Gasteiger partial charge in [0.05, 0.1) is 0 Å². The van der Waals surface area contributed by atoms with Crippen LogP contribution in [0, 0.1) is 0 Å². The summed E-state index contributed by atoms with van der Waals surface area (Å²) in [5, 5.41) is 0. The highest BCUT2D eigenvalue weighted by atomic mass is 15.2. The minimum absolute atomic E-state index is 0.417. The first-order chi connectivity index (χ1) is 9.15. The fraction of sp³-hybridized carbons (Fsp3) is 0.647. The fourth-order valence-corrected chi connectivity index (χ4v) is 3.89. The summed E-state index contributed by atoms with van der Waals surface area (Å²) in [4.78, 5) is 2.68. The number of hydrogen-bond acceptors (Lipinski definition) is 2. The van der Waals surface area contributed by atoms with Gasteiger partial charge in [0, 0.05) is 23.8 Å². The Morgan fingerprint density at radius 2 is 1.84 bits per heavy atom. The molecule has 2 heterocycles. The van der Waals surface area contributed by atoms with E-state index in [0.29, 0.717) is 24.0 Å². The van der Waals surface area contributed by atoms with Crippen molar-refractivity contribution in [3.63, 3.8) is 0 Å². The first-order valence-electron chi connectivity index (χ1n) is 7.79. The normalized spacial score (nSPS) is 30.7. The molecule has 2 aliphatic heterocycles. The van der Waals surface area contributed by atoms with Gasteiger partial charge in [-0.25, -0.2) is 0 Å². The van der Waals surface area contributed by atoms with Crippen LogP contribution in [0.2, 0.25) is 0 Å². The Labute approximate surface area is 117 Å². The summed E-state index contributed by atoms with van der Waals surface area (Å²) in [6.45, 7) is 4.54. The molecular formula is C17H26N2. The molecule has 2 nitrogen and oxygen atoms in total. The van der Waals surface area contributed by atoms with Gasteiger partial charge in [0.15, 0.2) is 0 Å². The number of piperidine rings is 2. The van der Waals surface area contributed by atoms with E-state index in [-0.39, 0.29) is 0 Å². The highest BCUT2D eigenvalue weighted by molar-refractivity contribution is 5.52. The van der Waals surface area contributed by atoms with Crippen LogP contribution < -0.4 is 10.6 Å². The molecular weight excluding hydrogens is 232 g/mol. The second-order valence-corrected chi connectivity index (χ2v) is 6.63. The van der Waals surface area contributed by atoms with Gasteiger partial charge in [-0.05, 0) is 55.7 Å². The maximum absolute atomic E-state index is 6.22. The lowest BCUT2D eigenvalue weighted by Crippen LogP contribution is -2.55. The van der Waals surface area contributed by atoms with Gasteiger partial charge in [-0.2, -0.15) is 0 Å². The maximum atomic E-state index is 6.22. The quantitative estimate of drug-likeness (QED) is 0.877. The Bertz CT molecular complexity index is 427. The summed E-state index contributed by atoms with van der Waals surface area (Å²) >= 11 is 0. The Hall–Kier alpha value is -1.02. The van der Waals surface area contributed by atoms with Crippen LogP contribution in [0.25, 0.3) is 0 Å². The number of rotatable bonds is 2. The highest BCUT2D eigenvalue weighted by Gasteiger charge is 2.37. The van der Waals surface area contributed by atoms with Gasteiger partial charge in [-0.15, -0.1) is 0 Å². The van der Waals surface area contributed by atoms with E-state index in [0.717, 1.165) is 0 Å². The van der Waals surface area contributed by atoms with Gasteiger partial charge < -0.3 is 10.6 Å². The summed E-state index contributed by atoms with van der Waals surface area (Å²) in [5.74, 6) is 0.604. The molecule has 2 N–H and O–H groups in total. The molecule has 0 aromatic heterocycles. The van der Waals surface area contributed by atoms with E-state index in [2.05, 4.69) is 43.0 Å². The monoisotopic (exact) mass is 258 g/mol. The first-order valence-corrected chi connectivity index (χ1v) is 7.79. The number of benzene rings is 1. The molecule has 2 fully saturated rings. The number of nitrogens with zero attached hydrogens (tertiary/aromatic N) is 1. The largest absolute Gasteiger partial charge is 0.365 e. The minimum atomic E-state index is 0.417. The zero-order chi connectivity index (χ0) is 13.4. The molecule has 0 amide bonds. The van der Waals surface area contributed by atoms with Crippen LogP contribution >= 0.6 is 0 Å². The van der Waals surface area contributed by atoms with Gasteiger partial charge >= 0.3 is 0 Å². The van der Waals surface area contributed by atoms with E-state index < -0.39 is 0 Å². The van der Waals surface area contributed by atoms with Crippen LogP contribution in [0.5, 0.6) is 0 Å². The lowest BCUT2D eigenvalue weighted by atomic mass is 9.81. The topological polar surface area (TPSA) is 29.3 Å². The molecule has 19 heavy (non-hydrogen) atoms. The zero-order valence-corrected chi connectivity index (χ0v) is 12.2. The Kier molecular flexibility index (Phi) is 3.53. The van der Waals surface area contributed by atoms with Crippen molar-refractivity contribution >= 4 is 5.69 Å². The van der Waals surface area contributed by atoms with E-state index in [9.17, 15) is 0 Å². The van der Waals surface area contributed by atoms with Crippen molar-refractivity contribution < 1.29 is 0 Å². The van der Waals surface area contributed by atoms with Crippen LogP contribution in [0.1, 0.15) is 57.4 Å². The summed E-state index contributed by atoms with van der Waals surface area (Å²) < 4.78 is 0. The first kappa shape index (κ1) is 13.0. The second kappa shape index (κ2) is 5.16. The van der Waals surface area contributed by atoms with Crippen molar-refractivity contribution in [1.82, 2.24) is 0 Å². The van der Waals surface area contributed by atoms with Crippen molar-refractivity contribution in [2.24, 2.45) is 5.73 Å². The third-order valence-electron chi connectivity index (χ3n) is 4.85. The molecule has 2 heteroatoms. The van der Waals surface area contributed by atoms with Crippen LogP contribution in [-0.2, 0) is 0 Å². The zero-order valence-electron chi connectivity index (χ0n) is 12.2. The SMILES string of the molecule is CC(C)c1cccc(N2C3CCCC2CC(N)C3)c1. The summed E-state index contributed by atoms with van der Waals surface area (Å²) in [5.41, 5.74) is 9.09. The average Bonchev–Trinajstić information content (AvgIpc) is 2.37.